The summed E-state index contributed by atoms with van der Waals surface area (Å²) in [5.41, 5.74) is 0. The maximum atomic E-state index is 5.01. The average molecular weight is 1530 g/mol. The molecule has 0 spiro atoms. The molecule has 650 valence electrons. The highest BCUT2D eigenvalue weighted by molar-refractivity contribution is 5.10. The summed E-state index contributed by atoms with van der Waals surface area (Å²) in [6, 6.07) is 0. The van der Waals surface area contributed by atoms with Crippen LogP contribution in [0.3, 0.4) is 0 Å². The molecule has 0 rings (SSSR count). The Bertz CT molecular complexity index is 1720. The fourth-order valence-electron chi connectivity index (χ4n) is 8.70. The average Bonchev–Trinajstić information content (AvgIpc) is 3.83. The summed E-state index contributed by atoms with van der Waals surface area (Å²) in [6.45, 7) is 62.1. The number of allylic oxidation sites excluding steroid dienone is 15. The summed E-state index contributed by atoms with van der Waals surface area (Å²) in [6.07, 6.45) is 133. The van der Waals surface area contributed by atoms with Crippen molar-refractivity contribution >= 4 is 0 Å². The van der Waals surface area contributed by atoms with E-state index < -0.39 is 0 Å². The first-order chi connectivity index (χ1) is 53.7. The second kappa shape index (κ2) is 196. The van der Waals surface area contributed by atoms with Gasteiger partial charge in [-0.1, -0.05) is 524 Å². The van der Waals surface area contributed by atoms with Crippen molar-refractivity contribution in [3.8, 4) is 61.7 Å². The summed E-state index contributed by atoms with van der Waals surface area (Å²) in [7, 11) is 0. The van der Waals surface area contributed by atoms with E-state index >= 15 is 0 Å². The summed E-state index contributed by atoms with van der Waals surface area (Å²) in [5, 5.41) is 0. The standard InChI is InChI=1S/C10H22.C9H20.C9H18.C9H14.C8H18.C8H16.C8H12.C7H16.C7H14.C7H10.C6H14.C6H12.C6H8.C5H10.C5H6/c1-3-5-7-9-10-8-6-4-2;3*1-3-5-7-9-8-6-4-2;3*1-3-5-7-8-6-4-2;3*1-3-5-7-6-4-2;3*1-3-5-6-4-2;2*1-3-5-4-2/h3-10H2,1-2H3;3-9H2,1-2H3;3H,1,4-9H2,2H3;1,5,7H,4,6,8-9H2,2H3;3-8H2,1-2H3;3H,1,4-8H2,2H3;1,5,7H,4,6,8H2,2H3;3-7H2,1-2H3;3H,1,4-7H2,2H3;1,5,7H,4,6H2,2H3;3-6H2,1-2H3;3H,1,4-6H2,2H3;1,5-6H,4H2,2H3;3H,1,4-5H2,2H3;1,4-5H,2H3. The maximum Gasteiger partial charge on any atom is -0.0162 e. The fraction of sp³-hybridized carbons (Fsp3) is 0.727. The maximum absolute atomic E-state index is 5.01. The molecule has 0 saturated carbocycles. The minimum absolute atomic E-state index is 1.03. The Balaban J connectivity index is -0.0000000679. The van der Waals surface area contributed by atoms with Crippen molar-refractivity contribution in [1.29, 1.82) is 0 Å². The second-order valence-corrected chi connectivity index (χ2v) is 27.8. The monoisotopic (exact) mass is 1530 g/mol. The molecule has 0 bridgehead atoms. The van der Waals surface area contributed by atoms with Crippen LogP contribution in [0.25, 0.3) is 0 Å². The van der Waals surface area contributed by atoms with Gasteiger partial charge in [-0.25, -0.2) is 0 Å². The molecular formula is C110H210. The number of rotatable bonds is 55. The van der Waals surface area contributed by atoms with Crippen molar-refractivity contribution in [2.45, 2.75) is 524 Å². The Kier molecular flexibility index (Phi) is 250. The third-order valence-electron chi connectivity index (χ3n) is 15.8. The van der Waals surface area contributed by atoms with E-state index in [1.54, 1.807) is 30.4 Å². The summed E-state index contributed by atoms with van der Waals surface area (Å²) < 4.78 is 0. The highest BCUT2D eigenvalue weighted by Gasteiger charge is 1.90. The van der Waals surface area contributed by atoms with Gasteiger partial charge in [0.1, 0.15) is 0 Å². The van der Waals surface area contributed by atoms with Gasteiger partial charge in [-0.15, -0.1) is 65.0 Å². The van der Waals surface area contributed by atoms with Gasteiger partial charge >= 0.3 is 0 Å². The third-order valence-corrected chi connectivity index (χ3v) is 15.8. The Morgan fingerprint density at radius 3 is 0.527 bits per heavy atom. The molecule has 0 aromatic carbocycles. The van der Waals surface area contributed by atoms with E-state index in [0.717, 1.165) is 32.1 Å². The van der Waals surface area contributed by atoms with Crippen molar-refractivity contribution in [2.24, 2.45) is 0 Å². The molecule has 0 amide bonds. The van der Waals surface area contributed by atoms with Crippen LogP contribution in [0.5, 0.6) is 0 Å². The van der Waals surface area contributed by atoms with Crippen molar-refractivity contribution < 1.29 is 0 Å². The van der Waals surface area contributed by atoms with Crippen LogP contribution >= 0.6 is 0 Å². The quantitative estimate of drug-likeness (QED) is 0.0323. The summed E-state index contributed by atoms with van der Waals surface area (Å²) in [4.78, 5) is 0. The second-order valence-electron chi connectivity index (χ2n) is 27.8. The van der Waals surface area contributed by atoms with E-state index in [9.17, 15) is 0 Å². The van der Waals surface area contributed by atoms with Gasteiger partial charge in [0.2, 0.25) is 0 Å². The zero-order valence-corrected chi connectivity index (χ0v) is 80.0. The Labute approximate surface area is 705 Å². The van der Waals surface area contributed by atoms with E-state index in [0.29, 0.717) is 0 Å². The smallest absolute Gasteiger partial charge is 0.0162 e. The van der Waals surface area contributed by atoms with Crippen LogP contribution in [-0.2, 0) is 0 Å². The number of terminal acetylenes is 5. The van der Waals surface area contributed by atoms with Gasteiger partial charge in [-0.2, -0.15) is 0 Å². The highest BCUT2D eigenvalue weighted by Crippen LogP contribution is 2.10. The van der Waals surface area contributed by atoms with Crippen molar-refractivity contribution in [3.05, 3.63) is 124 Å². The minimum atomic E-state index is 1.03. The van der Waals surface area contributed by atoms with Gasteiger partial charge in [0.05, 0.1) is 0 Å². The molecular weight excluding hydrogens is 1320 g/mol. The van der Waals surface area contributed by atoms with E-state index in [1.165, 1.54) is 353 Å². The Morgan fingerprint density at radius 1 is 0.173 bits per heavy atom. The van der Waals surface area contributed by atoms with E-state index in [1.807, 2.05) is 68.5 Å². The van der Waals surface area contributed by atoms with Crippen LogP contribution in [0.2, 0.25) is 0 Å². The van der Waals surface area contributed by atoms with E-state index in [4.69, 9.17) is 32.1 Å². The van der Waals surface area contributed by atoms with Gasteiger partial charge in [0.25, 0.3) is 0 Å². The molecule has 0 N–H and O–H groups in total. The molecule has 0 aromatic heterocycles. The van der Waals surface area contributed by atoms with Crippen LogP contribution in [0.1, 0.15) is 524 Å². The zero-order chi connectivity index (χ0) is 86.6. The first-order valence-corrected chi connectivity index (χ1v) is 47.3. The third kappa shape index (κ3) is 297. The molecule has 0 aliphatic rings. The van der Waals surface area contributed by atoms with Gasteiger partial charge < -0.3 is 0 Å². The molecule has 0 unspecified atom stereocenters. The summed E-state index contributed by atoms with van der Waals surface area (Å²) >= 11 is 0. The molecule has 0 atom stereocenters. The molecule has 0 aromatic rings. The van der Waals surface area contributed by atoms with Crippen LogP contribution in [-0.4, -0.2) is 0 Å². The Morgan fingerprint density at radius 2 is 0.336 bits per heavy atom. The lowest BCUT2D eigenvalue weighted by molar-refractivity contribution is 0.585. The predicted octanol–water partition coefficient (Wildman–Crippen LogP) is 40.5. The fourth-order valence-corrected chi connectivity index (χ4v) is 8.70. The molecule has 110 heavy (non-hydrogen) atoms. The zero-order valence-electron chi connectivity index (χ0n) is 80.0. The van der Waals surface area contributed by atoms with Crippen LogP contribution in [0, 0.1) is 61.7 Å². The minimum Gasteiger partial charge on any atom is -0.115 e. The van der Waals surface area contributed by atoms with Crippen molar-refractivity contribution in [2.75, 3.05) is 0 Å². The van der Waals surface area contributed by atoms with Gasteiger partial charge in [-0.05, 0) is 121 Å². The number of unbranched alkanes of at least 4 members (excludes halogenated alkanes) is 46. The molecule has 0 fully saturated rings. The lowest BCUT2D eigenvalue weighted by Gasteiger charge is -1.97. The van der Waals surface area contributed by atoms with E-state index in [-0.39, 0.29) is 0 Å². The lowest BCUT2D eigenvalue weighted by atomic mass is 10.1. The van der Waals surface area contributed by atoms with Gasteiger partial charge in [-0.3, -0.25) is 0 Å². The summed E-state index contributed by atoms with van der Waals surface area (Å²) in [5.74, 6) is 12.1. The van der Waals surface area contributed by atoms with Crippen LogP contribution in [0.15, 0.2) is 124 Å². The van der Waals surface area contributed by atoms with Gasteiger partial charge in [0.15, 0.2) is 0 Å². The Hall–Kier alpha value is -4.80. The SMILES string of the molecule is C#CC=CC.C#CC=CCC.C#CC=CCCC.C#CC=CCCCC.C#CC=CCCCCC.C=CCCC.C=CCCCC.C=CCCCCC.C=CCCCCCC.C=CCCCCCCC.CCCCCC.CCCCCCC.CCCCCCCC.CCCCCCCCC.CCCCCCCCCC. The molecule has 0 saturated heterocycles. The molecule has 0 aliphatic heterocycles. The topological polar surface area (TPSA) is 0 Å². The van der Waals surface area contributed by atoms with Crippen molar-refractivity contribution in [3.63, 3.8) is 0 Å². The largest absolute Gasteiger partial charge is 0.115 e. The first-order valence-electron chi connectivity index (χ1n) is 47.3. The number of hydrogen-bond donors (Lipinski definition) is 0. The molecule has 0 nitrogen and oxygen atoms in total. The first kappa shape index (κ1) is 140. The van der Waals surface area contributed by atoms with Crippen LogP contribution < -0.4 is 0 Å². The van der Waals surface area contributed by atoms with Crippen molar-refractivity contribution in [1.82, 2.24) is 0 Å². The predicted molar refractivity (Wildman–Crippen MR) is 531 cm³/mol. The highest BCUT2D eigenvalue weighted by atomic mass is 14.0. The lowest BCUT2D eigenvalue weighted by Crippen LogP contribution is -1.77. The molecule has 0 aliphatic carbocycles. The molecule has 0 heterocycles. The molecule has 0 radical (unpaired) electrons. The number of hydrogen-bond acceptors (Lipinski definition) is 0. The molecule has 0 heteroatoms. The van der Waals surface area contributed by atoms with E-state index in [2.05, 4.69) is 193 Å². The van der Waals surface area contributed by atoms with Crippen LogP contribution in [0.4, 0.5) is 0 Å². The normalized spacial score (nSPS) is 9.23. The van der Waals surface area contributed by atoms with Gasteiger partial charge in [0, 0.05) is 0 Å².